The van der Waals surface area contributed by atoms with Crippen molar-refractivity contribution in [2.45, 2.75) is 52.0 Å². The van der Waals surface area contributed by atoms with Crippen LogP contribution in [0.4, 0.5) is 5.13 Å². The minimum Gasteiger partial charge on any atom is -0.356 e. The second kappa shape index (κ2) is 9.62. The molecule has 146 valence electrons. The first-order valence-corrected chi connectivity index (χ1v) is 10.1. The van der Waals surface area contributed by atoms with Gasteiger partial charge >= 0.3 is 0 Å². The van der Waals surface area contributed by atoms with Gasteiger partial charge in [-0.3, -0.25) is 9.59 Å². The first-order valence-electron chi connectivity index (χ1n) is 9.21. The SMILES string of the molecule is CCCC(C)(N)C(=O)Nc1nc(-c2ccc(CCCNC(C)=O)cc2)cs1. The molecule has 1 aromatic carbocycles. The molecule has 2 aromatic rings. The van der Waals surface area contributed by atoms with E-state index >= 15 is 0 Å². The Labute approximate surface area is 164 Å². The van der Waals surface area contributed by atoms with Gasteiger partial charge in [0, 0.05) is 24.4 Å². The van der Waals surface area contributed by atoms with Crippen LogP contribution in [0.1, 0.15) is 45.6 Å². The van der Waals surface area contributed by atoms with Crippen LogP contribution in [0.25, 0.3) is 11.3 Å². The van der Waals surface area contributed by atoms with Crippen molar-refractivity contribution in [3.8, 4) is 11.3 Å². The van der Waals surface area contributed by atoms with Crippen molar-refractivity contribution in [2.24, 2.45) is 5.73 Å². The number of aryl methyl sites for hydroxylation is 1. The lowest BCUT2D eigenvalue weighted by Gasteiger charge is -2.21. The van der Waals surface area contributed by atoms with E-state index < -0.39 is 5.54 Å². The van der Waals surface area contributed by atoms with E-state index in [2.05, 4.69) is 27.8 Å². The summed E-state index contributed by atoms with van der Waals surface area (Å²) in [5.74, 6) is -0.207. The number of nitrogens with zero attached hydrogens (tertiary/aromatic N) is 1. The molecule has 7 heteroatoms. The van der Waals surface area contributed by atoms with Gasteiger partial charge in [0.2, 0.25) is 11.8 Å². The van der Waals surface area contributed by atoms with Gasteiger partial charge in [-0.1, -0.05) is 37.6 Å². The van der Waals surface area contributed by atoms with Crippen LogP contribution in [0.15, 0.2) is 29.6 Å². The van der Waals surface area contributed by atoms with Gasteiger partial charge in [0.1, 0.15) is 0 Å². The predicted octanol–water partition coefficient (Wildman–Crippen LogP) is 3.33. The van der Waals surface area contributed by atoms with Gasteiger partial charge in [-0.2, -0.15) is 0 Å². The van der Waals surface area contributed by atoms with Crippen molar-refractivity contribution in [3.63, 3.8) is 0 Å². The molecule has 1 atom stereocenters. The van der Waals surface area contributed by atoms with Gasteiger partial charge in [-0.25, -0.2) is 4.98 Å². The van der Waals surface area contributed by atoms with Gasteiger partial charge in [0.15, 0.2) is 5.13 Å². The van der Waals surface area contributed by atoms with Crippen LogP contribution < -0.4 is 16.4 Å². The quantitative estimate of drug-likeness (QED) is 0.574. The summed E-state index contributed by atoms with van der Waals surface area (Å²) in [5, 5.41) is 8.10. The standard InChI is InChI=1S/C20H28N4O2S/c1-4-11-20(3,21)18(26)24-19-23-17(13-27-19)16-9-7-15(8-10-16)6-5-12-22-14(2)25/h7-10,13H,4-6,11-12,21H2,1-3H3,(H,22,25)(H,23,24,26). The van der Waals surface area contributed by atoms with Crippen molar-refractivity contribution in [2.75, 3.05) is 11.9 Å². The Hall–Kier alpha value is -2.25. The molecule has 4 N–H and O–H groups in total. The molecular formula is C20H28N4O2S. The van der Waals surface area contributed by atoms with Crippen LogP contribution in [0.2, 0.25) is 0 Å². The van der Waals surface area contributed by atoms with Crippen LogP contribution in [-0.2, 0) is 16.0 Å². The summed E-state index contributed by atoms with van der Waals surface area (Å²) in [6, 6.07) is 8.19. The van der Waals surface area contributed by atoms with E-state index in [-0.39, 0.29) is 11.8 Å². The zero-order valence-corrected chi connectivity index (χ0v) is 17.0. The summed E-state index contributed by atoms with van der Waals surface area (Å²) in [4.78, 5) is 27.7. The zero-order valence-electron chi connectivity index (χ0n) is 16.2. The van der Waals surface area contributed by atoms with Crippen molar-refractivity contribution in [1.82, 2.24) is 10.3 Å². The molecule has 0 aliphatic rings. The van der Waals surface area contributed by atoms with Crippen LogP contribution in [0.3, 0.4) is 0 Å². The monoisotopic (exact) mass is 388 g/mol. The highest BCUT2D eigenvalue weighted by molar-refractivity contribution is 7.14. The molecule has 0 saturated heterocycles. The fourth-order valence-corrected chi connectivity index (χ4v) is 3.45. The molecule has 0 bridgehead atoms. The van der Waals surface area contributed by atoms with E-state index in [1.54, 1.807) is 6.92 Å². The molecule has 2 amide bonds. The molecule has 0 spiro atoms. The number of anilines is 1. The maximum Gasteiger partial charge on any atom is 0.245 e. The highest BCUT2D eigenvalue weighted by Crippen LogP contribution is 2.26. The number of rotatable bonds is 9. The van der Waals surface area contributed by atoms with E-state index in [1.165, 1.54) is 23.8 Å². The smallest absolute Gasteiger partial charge is 0.245 e. The van der Waals surface area contributed by atoms with Crippen molar-refractivity contribution in [3.05, 3.63) is 35.2 Å². The number of nitrogens with one attached hydrogen (secondary N) is 2. The summed E-state index contributed by atoms with van der Waals surface area (Å²) in [6.45, 7) is 5.95. The topological polar surface area (TPSA) is 97.1 Å². The lowest BCUT2D eigenvalue weighted by atomic mass is 9.97. The van der Waals surface area contributed by atoms with E-state index in [9.17, 15) is 9.59 Å². The van der Waals surface area contributed by atoms with Gasteiger partial charge in [-0.15, -0.1) is 11.3 Å². The molecule has 6 nitrogen and oxygen atoms in total. The number of hydrogen-bond donors (Lipinski definition) is 3. The molecule has 1 aromatic heterocycles. The second-order valence-corrected chi connectivity index (χ2v) is 7.80. The summed E-state index contributed by atoms with van der Waals surface area (Å²) in [6.07, 6.45) is 3.29. The molecule has 27 heavy (non-hydrogen) atoms. The number of carbonyl (C=O) groups is 2. The Morgan fingerprint density at radius 1 is 1.26 bits per heavy atom. The molecule has 1 unspecified atom stereocenters. The van der Waals surface area contributed by atoms with E-state index in [0.29, 0.717) is 18.1 Å². The molecule has 0 fully saturated rings. The Bertz CT molecular complexity index is 769. The third-order valence-corrected chi connectivity index (χ3v) is 5.04. The maximum absolute atomic E-state index is 12.3. The summed E-state index contributed by atoms with van der Waals surface area (Å²) in [7, 11) is 0. The highest BCUT2D eigenvalue weighted by atomic mass is 32.1. The molecule has 0 aliphatic heterocycles. The average Bonchev–Trinajstić information content (AvgIpc) is 3.07. The van der Waals surface area contributed by atoms with Crippen LogP contribution in [0, 0.1) is 0 Å². The van der Waals surface area contributed by atoms with Gasteiger partial charge in [0.05, 0.1) is 11.2 Å². The third kappa shape index (κ3) is 6.45. The maximum atomic E-state index is 12.3. The largest absolute Gasteiger partial charge is 0.356 e. The molecule has 0 aliphatic carbocycles. The molecule has 0 radical (unpaired) electrons. The predicted molar refractivity (Wildman–Crippen MR) is 111 cm³/mol. The fraction of sp³-hybridized carbons (Fsp3) is 0.450. The summed E-state index contributed by atoms with van der Waals surface area (Å²) in [5.41, 5.74) is 8.22. The third-order valence-electron chi connectivity index (χ3n) is 4.28. The minimum atomic E-state index is -0.889. The lowest BCUT2D eigenvalue weighted by Crippen LogP contribution is -2.48. The van der Waals surface area contributed by atoms with Crippen LogP contribution in [-0.4, -0.2) is 28.9 Å². The molecule has 0 saturated carbocycles. The van der Waals surface area contributed by atoms with E-state index in [4.69, 9.17) is 5.73 Å². The van der Waals surface area contributed by atoms with Gasteiger partial charge in [-0.05, 0) is 31.7 Å². The molecule has 2 rings (SSSR count). The number of benzene rings is 1. The van der Waals surface area contributed by atoms with Crippen LogP contribution in [0.5, 0.6) is 0 Å². The average molecular weight is 389 g/mol. The Kier molecular flexibility index (Phi) is 7.50. The molecular weight excluding hydrogens is 360 g/mol. The second-order valence-electron chi connectivity index (χ2n) is 6.94. The zero-order chi connectivity index (χ0) is 19.9. The van der Waals surface area contributed by atoms with Gasteiger partial charge in [0.25, 0.3) is 0 Å². The minimum absolute atomic E-state index is 0.00131. The number of amides is 2. The number of thiazole rings is 1. The lowest BCUT2D eigenvalue weighted by molar-refractivity contribution is -0.121. The van der Waals surface area contributed by atoms with Crippen molar-refractivity contribution >= 4 is 28.3 Å². The summed E-state index contributed by atoms with van der Waals surface area (Å²) < 4.78 is 0. The highest BCUT2D eigenvalue weighted by Gasteiger charge is 2.27. The van der Waals surface area contributed by atoms with E-state index in [1.807, 2.05) is 24.4 Å². The first-order chi connectivity index (χ1) is 12.8. The molecule has 1 heterocycles. The van der Waals surface area contributed by atoms with E-state index in [0.717, 1.165) is 30.5 Å². The van der Waals surface area contributed by atoms with Crippen molar-refractivity contribution in [1.29, 1.82) is 0 Å². The number of hydrogen-bond acceptors (Lipinski definition) is 5. The van der Waals surface area contributed by atoms with Crippen molar-refractivity contribution < 1.29 is 9.59 Å². The Morgan fingerprint density at radius 2 is 1.96 bits per heavy atom. The number of nitrogens with two attached hydrogens (primary N) is 1. The summed E-state index contributed by atoms with van der Waals surface area (Å²) >= 11 is 1.39. The number of carbonyl (C=O) groups excluding carboxylic acids is 2. The fourth-order valence-electron chi connectivity index (χ4n) is 2.74. The van der Waals surface area contributed by atoms with Crippen LogP contribution >= 0.6 is 11.3 Å². The normalized spacial score (nSPS) is 13.0. The van der Waals surface area contributed by atoms with Gasteiger partial charge < -0.3 is 16.4 Å². The Morgan fingerprint density at radius 3 is 2.59 bits per heavy atom. The number of aromatic nitrogens is 1. The first kappa shape index (κ1) is 21.1. The Balaban J connectivity index is 1.94.